The molecule has 0 N–H and O–H groups in total. The maximum absolute atomic E-state index is 6.55. The van der Waals surface area contributed by atoms with Crippen molar-refractivity contribution >= 4 is 65.7 Å². The summed E-state index contributed by atoms with van der Waals surface area (Å²) in [5, 5.41) is 6.67. The molecule has 12 rings (SSSR count). The van der Waals surface area contributed by atoms with E-state index in [9.17, 15) is 0 Å². The number of furan rings is 2. The molecule has 6 nitrogen and oxygen atoms in total. The fourth-order valence-corrected chi connectivity index (χ4v) is 8.33. The fourth-order valence-electron chi connectivity index (χ4n) is 8.33. The van der Waals surface area contributed by atoms with Gasteiger partial charge in [0.15, 0.2) is 17.5 Å². The highest BCUT2D eigenvalue weighted by molar-refractivity contribution is 6.17. The van der Waals surface area contributed by atoms with Crippen molar-refractivity contribution in [2.24, 2.45) is 0 Å². The highest BCUT2D eigenvalue weighted by Gasteiger charge is 2.19. The Labute approximate surface area is 325 Å². The lowest BCUT2D eigenvalue weighted by molar-refractivity contribution is 0.668. The maximum atomic E-state index is 6.55. The predicted octanol–water partition coefficient (Wildman–Crippen LogP) is 13.4. The number of para-hydroxylation sites is 2. The van der Waals surface area contributed by atoms with Gasteiger partial charge in [0.25, 0.3) is 0 Å². The zero-order valence-electron chi connectivity index (χ0n) is 30.4. The van der Waals surface area contributed by atoms with Crippen LogP contribution in [0.3, 0.4) is 0 Å². The summed E-state index contributed by atoms with van der Waals surface area (Å²) < 4.78 is 15.2. The van der Waals surface area contributed by atoms with E-state index >= 15 is 0 Å². The first-order valence-electron chi connectivity index (χ1n) is 19.0. The Kier molecular flexibility index (Phi) is 6.83. The van der Waals surface area contributed by atoms with Crippen LogP contribution >= 0.6 is 0 Å². The highest BCUT2D eigenvalue weighted by Crippen LogP contribution is 2.40. The van der Waals surface area contributed by atoms with Gasteiger partial charge in [-0.25, -0.2) is 15.0 Å². The van der Waals surface area contributed by atoms with Crippen molar-refractivity contribution in [2.45, 2.75) is 0 Å². The molecule has 4 heterocycles. The van der Waals surface area contributed by atoms with Crippen molar-refractivity contribution < 1.29 is 8.83 Å². The average Bonchev–Trinajstić information content (AvgIpc) is 3.94. The van der Waals surface area contributed by atoms with Crippen LogP contribution in [0.1, 0.15) is 0 Å². The maximum Gasteiger partial charge on any atom is 0.164 e. The number of nitrogens with zero attached hydrogens (tertiary/aromatic N) is 4. The Morgan fingerprint density at radius 1 is 0.298 bits per heavy atom. The first-order chi connectivity index (χ1) is 28.2. The Morgan fingerprint density at radius 2 is 0.877 bits per heavy atom. The monoisotopic (exact) mass is 730 g/mol. The van der Waals surface area contributed by atoms with Crippen molar-refractivity contribution in [1.82, 2.24) is 19.5 Å². The summed E-state index contributed by atoms with van der Waals surface area (Å²) in [6.07, 6.45) is 0. The van der Waals surface area contributed by atoms with Crippen LogP contribution in [-0.4, -0.2) is 19.5 Å². The largest absolute Gasteiger partial charge is 0.456 e. The van der Waals surface area contributed by atoms with Crippen LogP contribution in [0.15, 0.2) is 191 Å². The van der Waals surface area contributed by atoms with E-state index in [4.69, 9.17) is 23.8 Å². The van der Waals surface area contributed by atoms with E-state index in [1.807, 2.05) is 54.6 Å². The van der Waals surface area contributed by atoms with E-state index < -0.39 is 0 Å². The molecule has 12 aromatic rings. The third-order valence-electron chi connectivity index (χ3n) is 11.0. The van der Waals surface area contributed by atoms with Crippen LogP contribution in [0.4, 0.5) is 0 Å². The van der Waals surface area contributed by atoms with E-state index in [0.29, 0.717) is 17.5 Å². The minimum atomic E-state index is 0.578. The molecule has 0 unspecified atom stereocenters. The van der Waals surface area contributed by atoms with Gasteiger partial charge in [0.2, 0.25) is 0 Å². The first-order valence-corrected chi connectivity index (χ1v) is 19.0. The molecule has 0 aliphatic carbocycles. The Balaban J connectivity index is 0.996. The van der Waals surface area contributed by atoms with Gasteiger partial charge in [-0.2, -0.15) is 0 Å². The van der Waals surface area contributed by atoms with Crippen molar-refractivity contribution in [1.29, 1.82) is 0 Å². The molecule has 0 amide bonds. The van der Waals surface area contributed by atoms with E-state index in [1.165, 1.54) is 10.8 Å². The van der Waals surface area contributed by atoms with E-state index in [2.05, 4.69) is 132 Å². The van der Waals surface area contributed by atoms with Gasteiger partial charge in [-0.3, -0.25) is 0 Å². The molecule has 0 saturated carbocycles. The van der Waals surface area contributed by atoms with Crippen molar-refractivity contribution in [2.75, 3.05) is 0 Å². The molecule has 0 aliphatic heterocycles. The first kappa shape index (κ1) is 31.5. The summed E-state index contributed by atoms with van der Waals surface area (Å²) >= 11 is 0. The molecular formula is C51H30N4O2. The van der Waals surface area contributed by atoms with Gasteiger partial charge in [0.05, 0.1) is 11.0 Å². The van der Waals surface area contributed by atoms with Crippen molar-refractivity contribution in [3.8, 4) is 51.0 Å². The molecule has 57 heavy (non-hydrogen) atoms. The van der Waals surface area contributed by atoms with Crippen LogP contribution in [0, 0.1) is 0 Å². The van der Waals surface area contributed by atoms with Crippen LogP contribution in [0.25, 0.3) is 117 Å². The van der Waals surface area contributed by atoms with Crippen LogP contribution in [0.2, 0.25) is 0 Å². The smallest absolute Gasteiger partial charge is 0.164 e. The fraction of sp³-hybridized carbons (Fsp3) is 0. The highest BCUT2D eigenvalue weighted by atomic mass is 16.3. The number of fused-ring (bicyclic) bond motifs is 9. The van der Waals surface area contributed by atoms with E-state index in [1.54, 1.807) is 0 Å². The minimum absolute atomic E-state index is 0.578. The van der Waals surface area contributed by atoms with Gasteiger partial charge in [0.1, 0.15) is 22.3 Å². The third-order valence-corrected chi connectivity index (χ3v) is 11.0. The summed E-state index contributed by atoms with van der Waals surface area (Å²) in [6, 6.07) is 62.7. The van der Waals surface area contributed by atoms with E-state index in [-0.39, 0.29) is 0 Å². The molecule has 0 aliphatic rings. The lowest BCUT2D eigenvalue weighted by Gasteiger charge is -2.10. The van der Waals surface area contributed by atoms with Gasteiger partial charge < -0.3 is 13.4 Å². The number of hydrogen-bond acceptors (Lipinski definition) is 5. The van der Waals surface area contributed by atoms with Gasteiger partial charge in [-0.15, -0.1) is 0 Å². The molecule has 266 valence electrons. The Hall–Kier alpha value is -7.83. The standard InChI is InChI=1S/C51H30N4O2/c1-3-12-31(13-4-1)33-16-11-17-34(26-33)50-52-49(32-14-5-2-6-15-32)53-51(54-50)35-22-24-39-41-28-36(23-25-46(41)57-47(39)27-35)55-43-20-9-7-18-37(43)40-29-42-38-19-8-10-21-45(38)56-48(42)30-44(40)55/h1-30H. The van der Waals surface area contributed by atoms with Crippen LogP contribution in [-0.2, 0) is 0 Å². The zero-order valence-corrected chi connectivity index (χ0v) is 30.4. The molecule has 0 radical (unpaired) electrons. The second-order valence-electron chi connectivity index (χ2n) is 14.4. The van der Waals surface area contributed by atoms with Crippen LogP contribution in [0.5, 0.6) is 0 Å². The second-order valence-corrected chi connectivity index (χ2v) is 14.4. The average molecular weight is 731 g/mol. The van der Waals surface area contributed by atoms with Crippen molar-refractivity contribution in [3.63, 3.8) is 0 Å². The molecule has 4 aromatic heterocycles. The van der Waals surface area contributed by atoms with Gasteiger partial charge in [0, 0.05) is 60.8 Å². The lowest BCUT2D eigenvalue weighted by atomic mass is 10.0. The van der Waals surface area contributed by atoms with E-state index in [0.717, 1.165) is 88.4 Å². The molecule has 0 bridgehead atoms. The summed E-state index contributed by atoms with van der Waals surface area (Å²) in [5.41, 5.74) is 11.5. The predicted molar refractivity (Wildman–Crippen MR) is 230 cm³/mol. The molecule has 0 saturated heterocycles. The number of benzene rings is 8. The quantitative estimate of drug-likeness (QED) is 0.176. The Morgan fingerprint density at radius 3 is 1.68 bits per heavy atom. The summed E-state index contributed by atoms with van der Waals surface area (Å²) in [4.78, 5) is 15.1. The topological polar surface area (TPSA) is 69.9 Å². The molecule has 6 heteroatoms. The molecule has 0 spiro atoms. The minimum Gasteiger partial charge on any atom is -0.456 e. The molecule has 8 aromatic carbocycles. The second kappa shape index (κ2) is 12.3. The number of rotatable bonds is 5. The lowest BCUT2D eigenvalue weighted by Crippen LogP contribution is -2.00. The Bertz CT molecular complexity index is 3530. The van der Waals surface area contributed by atoms with Crippen LogP contribution < -0.4 is 0 Å². The SMILES string of the molecule is c1ccc(-c2cccc(-c3nc(-c4ccccc4)nc(-c4ccc5c(c4)oc4ccc(-n6c7ccccc7c7cc8c(cc76)oc6ccccc68)cc45)n3)c2)cc1. The summed E-state index contributed by atoms with van der Waals surface area (Å²) in [7, 11) is 0. The zero-order chi connectivity index (χ0) is 37.5. The summed E-state index contributed by atoms with van der Waals surface area (Å²) in [5.74, 6) is 1.80. The number of hydrogen-bond donors (Lipinski definition) is 0. The molecule has 0 atom stereocenters. The van der Waals surface area contributed by atoms with Gasteiger partial charge in [-0.1, -0.05) is 121 Å². The third kappa shape index (κ3) is 5.08. The number of aromatic nitrogens is 4. The summed E-state index contributed by atoms with van der Waals surface area (Å²) in [6.45, 7) is 0. The van der Waals surface area contributed by atoms with Gasteiger partial charge in [-0.05, 0) is 65.7 Å². The van der Waals surface area contributed by atoms with Gasteiger partial charge >= 0.3 is 0 Å². The normalized spacial score (nSPS) is 11.9. The molecular weight excluding hydrogens is 701 g/mol. The van der Waals surface area contributed by atoms with Crippen molar-refractivity contribution in [3.05, 3.63) is 182 Å². The molecule has 0 fully saturated rings.